The highest BCUT2D eigenvalue weighted by Gasteiger charge is 2.15. The van der Waals surface area contributed by atoms with Gasteiger partial charge >= 0.3 is 0 Å². The minimum atomic E-state index is -3.05. The summed E-state index contributed by atoms with van der Waals surface area (Å²) in [5.74, 6) is 0.707. The molecule has 0 spiro atoms. The van der Waals surface area contributed by atoms with E-state index < -0.39 is 9.84 Å². The quantitative estimate of drug-likeness (QED) is 0.799. The molecule has 1 unspecified atom stereocenters. The lowest BCUT2D eigenvalue weighted by Crippen LogP contribution is -2.22. The second-order valence-electron chi connectivity index (χ2n) is 5.30. The maximum Gasteiger partial charge on any atom is 0.155 e. The fraction of sp³-hybridized carbons (Fsp3) is 0.600. The molecule has 0 aliphatic heterocycles. The molecule has 0 saturated heterocycles. The van der Waals surface area contributed by atoms with E-state index in [-0.39, 0.29) is 23.7 Å². The third-order valence-corrected chi connectivity index (χ3v) is 5.30. The Bertz CT molecular complexity index is 489. The van der Waals surface area contributed by atoms with Gasteiger partial charge in [0.1, 0.15) is 12.4 Å². The SMILES string of the molecule is CC(O)CCc1ccc(OCCS(=O)(=O)C(C)C)cc1. The van der Waals surface area contributed by atoms with Gasteiger partial charge in [-0.2, -0.15) is 0 Å². The van der Waals surface area contributed by atoms with E-state index >= 15 is 0 Å². The van der Waals surface area contributed by atoms with Crippen LogP contribution < -0.4 is 4.74 Å². The van der Waals surface area contributed by atoms with Crippen molar-refractivity contribution in [3.05, 3.63) is 29.8 Å². The zero-order valence-electron chi connectivity index (χ0n) is 12.4. The van der Waals surface area contributed by atoms with Crippen molar-refractivity contribution in [1.82, 2.24) is 0 Å². The van der Waals surface area contributed by atoms with Crippen molar-refractivity contribution in [1.29, 1.82) is 0 Å². The van der Waals surface area contributed by atoms with Gasteiger partial charge in [0, 0.05) is 0 Å². The number of aliphatic hydroxyl groups excluding tert-OH is 1. The van der Waals surface area contributed by atoms with Crippen LogP contribution in [0.1, 0.15) is 32.8 Å². The van der Waals surface area contributed by atoms with Crippen LogP contribution in [0.4, 0.5) is 0 Å². The fourth-order valence-electron chi connectivity index (χ4n) is 1.64. The molecule has 0 bridgehead atoms. The Morgan fingerprint density at radius 1 is 1.15 bits per heavy atom. The van der Waals surface area contributed by atoms with Crippen LogP contribution in [-0.2, 0) is 16.3 Å². The first-order valence-electron chi connectivity index (χ1n) is 6.92. The molecule has 0 radical (unpaired) electrons. The molecule has 20 heavy (non-hydrogen) atoms. The lowest BCUT2D eigenvalue weighted by molar-refractivity contribution is 0.185. The molecule has 0 fully saturated rings. The summed E-state index contributed by atoms with van der Waals surface area (Å²) >= 11 is 0. The topological polar surface area (TPSA) is 63.6 Å². The average molecular weight is 300 g/mol. The molecule has 0 aromatic heterocycles. The summed E-state index contributed by atoms with van der Waals surface area (Å²) in [4.78, 5) is 0. The Morgan fingerprint density at radius 2 is 1.75 bits per heavy atom. The highest BCUT2D eigenvalue weighted by molar-refractivity contribution is 7.91. The molecular formula is C15H24O4S. The van der Waals surface area contributed by atoms with Crippen LogP contribution in [0.2, 0.25) is 0 Å². The molecular weight excluding hydrogens is 276 g/mol. The normalized spacial score (nSPS) is 13.4. The number of aliphatic hydroxyl groups is 1. The Morgan fingerprint density at radius 3 is 2.25 bits per heavy atom. The second kappa shape index (κ2) is 7.64. The first-order chi connectivity index (χ1) is 9.31. The van der Waals surface area contributed by atoms with Crippen LogP contribution in [0.25, 0.3) is 0 Å². The standard InChI is InChI=1S/C15H24O4S/c1-12(2)20(17,18)11-10-19-15-8-6-14(7-9-15)5-4-13(3)16/h6-9,12-13,16H,4-5,10-11H2,1-3H3. The number of ether oxygens (including phenoxy) is 1. The molecule has 0 saturated carbocycles. The van der Waals surface area contributed by atoms with Crippen LogP contribution in [-0.4, -0.2) is 37.2 Å². The lowest BCUT2D eigenvalue weighted by Gasteiger charge is -2.10. The summed E-state index contributed by atoms with van der Waals surface area (Å²) in [6, 6.07) is 7.54. The van der Waals surface area contributed by atoms with Gasteiger partial charge in [0.05, 0.1) is 17.1 Å². The number of sulfone groups is 1. The molecule has 1 aromatic carbocycles. The van der Waals surface area contributed by atoms with E-state index in [1.54, 1.807) is 20.8 Å². The smallest absolute Gasteiger partial charge is 0.155 e. The van der Waals surface area contributed by atoms with Crippen LogP contribution in [0.5, 0.6) is 5.75 Å². The molecule has 0 aliphatic carbocycles. The van der Waals surface area contributed by atoms with E-state index in [1.165, 1.54) is 0 Å². The van der Waals surface area contributed by atoms with E-state index in [2.05, 4.69) is 0 Å². The van der Waals surface area contributed by atoms with Gasteiger partial charge in [-0.1, -0.05) is 12.1 Å². The number of benzene rings is 1. The third kappa shape index (κ3) is 5.92. The van der Waals surface area contributed by atoms with Crippen molar-refractivity contribution in [2.24, 2.45) is 0 Å². The minimum Gasteiger partial charge on any atom is -0.493 e. The van der Waals surface area contributed by atoms with Crippen LogP contribution in [0, 0.1) is 0 Å². The summed E-state index contributed by atoms with van der Waals surface area (Å²) in [5.41, 5.74) is 1.13. The molecule has 0 heterocycles. The highest BCUT2D eigenvalue weighted by Crippen LogP contribution is 2.14. The molecule has 4 nitrogen and oxygen atoms in total. The Balaban J connectivity index is 2.42. The first kappa shape index (κ1) is 17.0. The van der Waals surface area contributed by atoms with Crippen molar-refractivity contribution in [3.8, 4) is 5.75 Å². The second-order valence-corrected chi connectivity index (χ2v) is 7.97. The zero-order valence-corrected chi connectivity index (χ0v) is 13.2. The number of aryl methyl sites for hydroxylation is 1. The van der Waals surface area contributed by atoms with Gasteiger partial charge in [-0.05, 0) is 51.3 Å². The third-order valence-electron chi connectivity index (χ3n) is 3.13. The van der Waals surface area contributed by atoms with Gasteiger partial charge in [0.25, 0.3) is 0 Å². The van der Waals surface area contributed by atoms with Crippen molar-refractivity contribution in [2.45, 2.75) is 45.0 Å². The summed E-state index contributed by atoms with van der Waals surface area (Å²) in [5, 5.41) is 8.86. The van der Waals surface area contributed by atoms with E-state index in [4.69, 9.17) is 4.74 Å². The number of hydrogen-bond acceptors (Lipinski definition) is 4. The lowest BCUT2D eigenvalue weighted by atomic mass is 10.1. The Labute approximate surface area is 121 Å². The maximum absolute atomic E-state index is 11.6. The van der Waals surface area contributed by atoms with Gasteiger partial charge in [-0.15, -0.1) is 0 Å². The van der Waals surface area contributed by atoms with Crippen molar-refractivity contribution in [2.75, 3.05) is 12.4 Å². The van der Waals surface area contributed by atoms with Crippen molar-refractivity contribution in [3.63, 3.8) is 0 Å². The van der Waals surface area contributed by atoms with E-state index in [0.717, 1.165) is 18.4 Å². The predicted molar refractivity (Wildman–Crippen MR) is 80.9 cm³/mol. The molecule has 0 amide bonds. The van der Waals surface area contributed by atoms with Crippen molar-refractivity contribution >= 4 is 9.84 Å². The zero-order chi connectivity index (χ0) is 15.2. The van der Waals surface area contributed by atoms with Gasteiger partial charge in [0.2, 0.25) is 0 Å². The Hall–Kier alpha value is -1.07. The number of hydrogen-bond donors (Lipinski definition) is 1. The van der Waals surface area contributed by atoms with E-state index in [1.807, 2.05) is 24.3 Å². The van der Waals surface area contributed by atoms with Gasteiger partial charge in [-0.25, -0.2) is 8.42 Å². The minimum absolute atomic E-state index is 0.0362. The molecule has 1 atom stereocenters. The van der Waals surface area contributed by atoms with Crippen LogP contribution in [0.3, 0.4) is 0 Å². The van der Waals surface area contributed by atoms with Gasteiger partial charge < -0.3 is 9.84 Å². The maximum atomic E-state index is 11.6. The summed E-state index contributed by atoms with van der Waals surface area (Å²) in [6.07, 6.45) is 1.25. The van der Waals surface area contributed by atoms with Crippen molar-refractivity contribution < 1.29 is 18.3 Å². The fourth-order valence-corrected chi connectivity index (χ4v) is 2.43. The predicted octanol–water partition coefficient (Wildman–Crippen LogP) is 2.20. The van der Waals surface area contributed by atoms with E-state index in [0.29, 0.717) is 5.75 Å². The largest absolute Gasteiger partial charge is 0.493 e. The van der Waals surface area contributed by atoms with Crippen LogP contribution >= 0.6 is 0 Å². The molecule has 1 N–H and O–H groups in total. The molecule has 0 aliphatic rings. The first-order valence-corrected chi connectivity index (χ1v) is 8.64. The van der Waals surface area contributed by atoms with Crippen LogP contribution in [0.15, 0.2) is 24.3 Å². The summed E-state index contributed by atoms with van der Waals surface area (Å²) in [6.45, 7) is 5.29. The molecule has 1 aromatic rings. The summed E-state index contributed by atoms with van der Waals surface area (Å²) < 4.78 is 28.7. The average Bonchev–Trinajstić information content (AvgIpc) is 2.37. The van der Waals surface area contributed by atoms with E-state index in [9.17, 15) is 13.5 Å². The number of rotatable bonds is 8. The monoisotopic (exact) mass is 300 g/mol. The molecule has 5 heteroatoms. The molecule has 1 rings (SSSR count). The Kier molecular flexibility index (Phi) is 6.49. The highest BCUT2D eigenvalue weighted by atomic mass is 32.2. The summed E-state index contributed by atoms with van der Waals surface area (Å²) in [7, 11) is -3.05. The molecule has 114 valence electrons. The van der Waals surface area contributed by atoms with Gasteiger partial charge in [-0.3, -0.25) is 0 Å². The van der Waals surface area contributed by atoms with Gasteiger partial charge in [0.15, 0.2) is 9.84 Å².